The molecule has 1 amide bonds. The molecule has 3 heterocycles. The molecule has 2 aromatic heterocycles. The first-order valence-corrected chi connectivity index (χ1v) is 9.03. The molecule has 1 saturated heterocycles. The summed E-state index contributed by atoms with van der Waals surface area (Å²) in [6.07, 6.45) is 0. The maximum absolute atomic E-state index is 12.9. The molecule has 24 heavy (non-hydrogen) atoms. The number of nitrogens with zero attached hydrogens (tertiary/aromatic N) is 3. The van der Waals surface area contributed by atoms with Crippen LogP contribution in [0, 0.1) is 6.92 Å². The zero-order chi connectivity index (χ0) is 16.7. The van der Waals surface area contributed by atoms with Gasteiger partial charge in [0, 0.05) is 31.1 Å². The van der Waals surface area contributed by atoms with Crippen LogP contribution >= 0.6 is 11.3 Å². The van der Waals surface area contributed by atoms with Gasteiger partial charge in [-0.1, -0.05) is 18.2 Å². The third-order valence-electron chi connectivity index (χ3n) is 4.52. The van der Waals surface area contributed by atoms with Crippen molar-refractivity contribution in [3.63, 3.8) is 0 Å². The molecule has 0 unspecified atom stereocenters. The van der Waals surface area contributed by atoms with Gasteiger partial charge in [-0.2, -0.15) is 5.10 Å². The van der Waals surface area contributed by atoms with Gasteiger partial charge in [0.15, 0.2) is 0 Å². The number of aryl methyl sites for hydroxylation is 1. The number of hydrogen-bond donors (Lipinski definition) is 1. The van der Waals surface area contributed by atoms with Crippen molar-refractivity contribution in [1.82, 2.24) is 20.0 Å². The van der Waals surface area contributed by atoms with Crippen LogP contribution in [0.4, 0.5) is 0 Å². The summed E-state index contributed by atoms with van der Waals surface area (Å²) in [7, 11) is 0. The van der Waals surface area contributed by atoms with Gasteiger partial charge in [0.25, 0.3) is 5.91 Å². The molecular weight excluding hydrogens is 320 g/mol. The van der Waals surface area contributed by atoms with E-state index in [-0.39, 0.29) is 11.9 Å². The van der Waals surface area contributed by atoms with Crippen molar-refractivity contribution in [1.29, 1.82) is 0 Å². The number of fused-ring (bicyclic) bond motifs is 1. The lowest BCUT2D eigenvalue weighted by Gasteiger charge is -2.33. The van der Waals surface area contributed by atoms with E-state index in [4.69, 9.17) is 0 Å². The number of aromatic nitrogens is 2. The first kappa shape index (κ1) is 15.4. The van der Waals surface area contributed by atoms with Crippen LogP contribution in [0.2, 0.25) is 0 Å². The van der Waals surface area contributed by atoms with Gasteiger partial charge >= 0.3 is 0 Å². The Morgan fingerprint density at radius 2 is 2.12 bits per heavy atom. The highest BCUT2D eigenvalue weighted by Gasteiger charge is 2.26. The van der Waals surface area contributed by atoms with E-state index in [0.717, 1.165) is 46.1 Å². The first-order chi connectivity index (χ1) is 11.6. The van der Waals surface area contributed by atoms with E-state index in [1.54, 1.807) is 0 Å². The summed E-state index contributed by atoms with van der Waals surface area (Å²) in [6, 6.07) is 12.3. The van der Waals surface area contributed by atoms with Crippen molar-refractivity contribution in [3.8, 4) is 5.69 Å². The average Bonchev–Trinajstić information content (AvgIpc) is 3.16. The summed E-state index contributed by atoms with van der Waals surface area (Å²) in [4.78, 5) is 16.7. The zero-order valence-electron chi connectivity index (χ0n) is 13.8. The van der Waals surface area contributed by atoms with Crippen LogP contribution < -0.4 is 5.32 Å². The Morgan fingerprint density at radius 3 is 2.88 bits per heavy atom. The molecule has 0 radical (unpaired) electrons. The molecular formula is C18H20N4OS. The second kappa shape index (κ2) is 6.03. The lowest BCUT2D eigenvalue weighted by atomic mass is 10.2. The summed E-state index contributed by atoms with van der Waals surface area (Å²) >= 11 is 1.53. The molecule has 3 aromatic rings. The van der Waals surface area contributed by atoms with Gasteiger partial charge in [0.2, 0.25) is 0 Å². The van der Waals surface area contributed by atoms with Crippen molar-refractivity contribution in [3.05, 3.63) is 47.0 Å². The monoisotopic (exact) mass is 340 g/mol. The Morgan fingerprint density at radius 1 is 1.33 bits per heavy atom. The number of benzene rings is 1. The minimum atomic E-state index is 0.129. The lowest BCUT2D eigenvalue weighted by molar-refractivity contribution is 0.0661. The minimum Gasteiger partial charge on any atom is -0.333 e. The quantitative estimate of drug-likeness (QED) is 0.780. The van der Waals surface area contributed by atoms with Crippen molar-refractivity contribution >= 4 is 27.5 Å². The fourth-order valence-corrected chi connectivity index (χ4v) is 4.32. The average molecular weight is 340 g/mol. The molecule has 4 rings (SSSR count). The zero-order valence-corrected chi connectivity index (χ0v) is 14.6. The van der Waals surface area contributed by atoms with Crippen molar-refractivity contribution in [2.45, 2.75) is 19.9 Å². The van der Waals surface area contributed by atoms with Crippen LogP contribution in [-0.2, 0) is 0 Å². The Bertz CT molecular complexity index is 883. The third kappa shape index (κ3) is 2.52. The highest BCUT2D eigenvalue weighted by Crippen LogP contribution is 2.31. The topological polar surface area (TPSA) is 50.2 Å². The van der Waals surface area contributed by atoms with Gasteiger partial charge in [-0.05, 0) is 32.0 Å². The van der Waals surface area contributed by atoms with Gasteiger partial charge < -0.3 is 10.2 Å². The number of hydrogen-bond acceptors (Lipinski definition) is 4. The van der Waals surface area contributed by atoms with Gasteiger partial charge in [0.1, 0.15) is 4.83 Å². The summed E-state index contributed by atoms with van der Waals surface area (Å²) in [5.41, 5.74) is 1.98. The first-order valence-electron chi connectivity index (χ1n) is 8.21. The number of carbonyl (C=O) groups excluding carboxylic acids is 1. The third-order valence-corrected chi connectivity index (χ3v) is 5.62. The van der Waals surface area contributed by atoms with Crippen LogP contribution in [-0.4, -0.2) is 46.3 Å². The smallest absolute Gasteiger partial charge is 0.264 e. The van der Waals surface area contributed by atoms with E-state index in [1.165, 1.54) is 11.3 Å². The summed E-state index contributed by atoms with van der Waals surface area (Å²) in [5.74, 6) is 0.129. The molecule has 124 valence electrons. The second-order valence-electron chi connectivity index (χ2n) is 6.21. The predicted molar refractivity (Wildman–Crippen MR) is 97.1 cm³/mol. The number of carbonyl (C=O) groups is 1. The van der Waals surface area contributed by atoms with Crippen LogP contribution in [0.15, 0.2) is 36.4 Å². The summed E-state index contributed by atoms with van der Waals surface area (Å²) < 4.78 is 1.94. The molecule has 6 heteroatoms. The number of thiophene rings is 1. The fraction of sp³-hybridized carbons (Fsp3) is 0.333. The van der Waals surface area contributed by atoms with E-state index in [0.29, 0.717) is 0 Å². The molecule has 1 aliphatic heterocycles. The standard InChI is InChI=1S/C18H20N4OS/c1-12-11-19-8-9-21(12)17(23)16-10-15-13(2)20-22(18(15)24-16)14-6-4-3-5-7-14/h3-7,10,12,19H,8-9,11H2,1-2H3/t12-/m1/s1. The highest BCUT2D eigenvalue weighted by molar-refractivity contribution is 7.20. The molecule has 0 aliphatic carbocycles. The number of rotatable bonds is 2. The van der Waals surface area contributed by atoms with Crippen molar-refractivity contribution in [2.75, 3.05) is 19.6 Å². The lowest BCUT2D eigenvalue weighted by Crippen LogP contribution is -2.52. The summed E-state index contributed by atoms with van der Waals surface area (Å²) in [5, 5.41) is 9.03. The van der Waals surface area contributed by atoms with Gasteiger partial charge in [-0.25, -0.2) is 4.68 Å². The Kier molecular flexibility index (Phi) is 3.86. The van der Waals surface area contributed by atoms with E-state index in [9.17, 15) is 4.79 Å². The molecule has 1 fully saturated rings. The van der Waals surface area contributed by atoms with Gasteiger partial charge in [-0.3, -0.25) is 4.79 Å². The molecule has 5 nitrogen and oxygen atoms in total. The fourth-order valence-electron chi connectivity index (χ4n) is 3.18. The molecule has 0 spiro atoms. The van der Waals surface area contributed by atoms with Crippen LogP contribution in [0.25, 0.3) is 15.9 Å². The molecule has 1 atom stereocenters. The largest absolute Gasteiger partial charge is 0.333 e. The number of piperazine rings is 1. The minimum absolute atomic E-state index is 0.129. The number of amides is 1. The van der Waals surface area contributed by atoms with Crippen LogP contribution in [0.5, 0.6) is 0 Å². The maximum atomic E-state index is 12.9. The molecule has 1 aromatic carbocycles. The van der Waals surface area contributed by atoms with E-state index in [2.05, 4.69) is 17.3 Å². The van der Waals surface area contributed by atoms with E-state index < -0.39 is 0 Å². The van der Waals surface area contributed by atoms with Crippen LogP contribution in [0.3, 0.4) is 0 Å². The molecule has 0 saturated carbocycles. The highest BCUT2D eigenvalue weighted by atomic mass is 32.1. The normalized spacial score (nSPS) is 18.2. The SMILES string of the molecule is Cc1nn(-c2ccccc2)c2sc(C(=O)N3CCNC[C@H]3C)cc12. The van der Waals surface area contributed by atoms with Crippen molar-refractivity contribution < 1.29 is 4.79 Å². The number of para-hydroxylation sites is 1. The summed E-state index contributed by atoms with van der Waals surface area (Å²) in [6.45, 7) is 6.56. The van der Waals surface area contributed by atoms with Crippen LogP contribution in [0.1, 0.15) is 22.3 Å². The van der Waals surface area contributed by atoms with Crippen molar-refractivity contribution in [2.24, 2.45) is 0 Å². The molecule has 1 aliphatic rings. The second-order valence-corrected chi connectivity index (χ2v) is 7.24. The van der Waals surface area contributed by atoms with E-state index in [1.807, 2.05) is 52.9 Å². The van der Waals surface area contributed by atoms with E-state index >= 15 is 0 Å². The maximum Gasteiger partial charge on any atom is 0.264 e. The Balaban J connectivity index is 1.75. The Labute approximate surface area is 144 Å². The van der Waals surface area contributed by atoms with Gasteiger partial charge in [0.05, 0.1) is 16.3 Å². The Hall–Kier alpha value is -2.18. The van der Waals surface area contributed by atoms with Gasteiger partial charge in [-0.15, -0.1) is 11.3 Å². The number of nitrogens with one attached hydrogen (secondary N) is 1. The molecule has 1 N–H and O–H groups in total. The predicted octanol–water partition coefficient (Wildman–Crippen LogP) is 2.83. The molecule has 0 bridgehead atoms.